The molecule has 0 spiro atoms. The average Bonchev–Trinajstić information content (AvgIpc) is 2.67. The Balaban J connectivity index is 1.54. The molecule has 25 heavy (non-hydrogen) atoms. The first-order valence-corrected chi connectivity index (χ1v) is 8.85. The minimum absolute atomic E-state index is 0.133. The maximum atomic E-state index is 12.3. The molecule has 5 nitrogen and oxygen atoms in total. The Morgan fingerprint density at radius 1 is 0.960 bits per heavy atom. The number of carbonyl (C=O) groups is 2. The highest BCUT2D eigenvalue weighted by atomic mass is 79.9. The van der Waals surface area contributed by atoms with E-state index in [2.05, 4.69) is 25.8 Å². The SMILES string of the molecule is O=C(/C=C/C(=O)N1CCN(c2ccccn2)CC1)c1ccc(Br)cc1. The van der Waals surface area contributed by atoms with Crippen molar-refractivity contribution < 1.29 is 9.59 Å². The van der Waals surface area contributed by atoms with Gasteiger partial charge in [0.05, 0.1) is 0 Å². The van der Waals surface area contributed by atoms with Crippen molar-refractivity contribution in [1.82, 2.24) is 9.88 Å². The molecular formula is C19H18BrN3O2. The first kappa shape index (κ1) is 17.4. The quantitative estimate of drug-likeness (QED) is 0.585. The number of ketones is 1. The van der Waals surface area contributed by atoms with Crippen molar-refractivity contribution >= 4 is 33.4 Å². The van der Waals surface area contributed by atoms with Crippen LogP contribution in [0.15, 0.2) is 65.3 Å². The molecule has 0 unspecified atom stereocenters. The van der Waals surface area contributed by atoms with E-state index in [9.17, 15) is 9.59 Å². The van der Waals surface area contributed by atoms with Gasteiger partial charge in [-0.3, -0.25) is 9.59 Å². The van der Waals surface area contributed by atoms with Crippen LogP contribution in [-0.2, 0) is 4.79 Å². The average molecular weight is 400 g/mol. The largest absolute Gasteiger partial charge is 0.353 e. The highest BCUT2D eigenvalue weighted by molar-refractivity contribution is 9.10. The van der Waals surface area contributed by atoms with Crippen molar-refractivity contribution in [2.24, 2.45) is 0 Å². The second kappa shape index (κ2) is 8.07. The van der Waals surface area contributed by atoms with Crippen LogP contribution in [0.3, 0.4) is 0 Å². The van der Waals surface area contributed by atoms with Gasteiger partial charge in [-0.25, -0.2) is 4.98 Å². The Kier molecular flexibility index (Phi) is 5.60. The van der Waals surface area contributed by atoms with Crippen LogP contribution < -0.4 is 4.90 Å². The van der Waals surface area contributed by atoms with Crippen LogP contribution in [0, 0.1) is 0 Å². The Hall–Kier alpha value is -2.47. The molecule has 0 bridgehead atoms. The summed E-state index contributed by atoms with van der Waals surface area (Å²) in [6, 6.07) is 12.9. The molecule has 1 aromatic heterocycles. The van der Waals surface area contributed by atoms with Gasteiger partial charge in [0.15, 0.2) is 5.78 Å². The first-order valence-electron chi connectivity index (χ1n) is 8.06. The summed E-state index contributed by atoms with van der Waals surface area (Å²) in [5, 5.41) is 0. The van der Waals surface area contributed by atoms with Gasteiger partial charge in [-0.2, -0.15) is 0 Å². The van der Waals surface area contributed by atoms with Gasteiger partial charge in [-0.1, -0.05) is 22.0 Å². The Morgan fingerprint density at radius 3 is 2.32 bits per heavy atom. The van der Waals surface area contributed by atoms with Crippen LogP contribution in [0.4, 0.5) is 5.82 Å². The molecule has 2 heterocycles. The van der Waals surface area contributed by atoms with E-state index >= 15 is 0 Å². The molecule has 1 fully saturated rings. The van der Waals surface area contributed by atoms with E-state index in [1.54, 1.807) is 35.4 Å². The highest BCUT2D eigenvalue weighted by Gasteiger charge is 2.20. The van der Waals surface area contributed by atoms with E-state index in [0.717, 1.165) is 23.4 Å². The third-order valence-electron chi connectivity index (χ3n) is 4.07. The number of allylic oxidation sites excluding steroid dienone is 1. The lowest BCUT2D eigenvalue weighted by atomic mass is 10.1. The van der Waals surface area contributed by atoms with Crippen molar-refractivity contribution in [2.75, 3.05) is 31.1 Å². The lowest BCUT2D eigenvalue weighted by Crippen LogP contribution is -2.48. The van der Waals surface area contributed by atoms with Crippen LogP contribution in [0.5, 0.6) is 0 Å². The van der Waals surface area contributed by atoms with Gasteiger partial charge in [-0.05, 0) is 42.5 Å². The molecule has 6 heteroatoms. The number of benzene rings is 1. The smallest absolute Gasteiger partial charge is 0.246 e. The maximum Gasteiger partial charge on any atom is 0.246 e. The summed E-state index contributed by atoms with van der Waals surface area (Å²) < 4.78 is 0.912. The minimum Gasteiger partial charge on any atom is -0.353 e. The van der Waals surface area contributed by atoms with Gasteiger partial charge in [0.1, 0.15) is 5.82 Å². The van der Waals surface area contributed by atoms with E-state index in [0.29, 0.717) is 18.7 Å². The molecule has 0 N–H and O–H groups in total. The van der Waals surface area contributed by atoms with Gasteiger partial charge in [0.2, 0.25) is 5.91 Å². The summed E-state index contributed by atoms with van der Waals surface area (Å²) in [6.07, 6.45) is 4.47. The van der Waals surface area contributed by atoms with E-state index in [4.69, 9.17) is 0 Å². The summed E-state index contributed by atoms with van der Waals surface area (Å²) in [7, 11) is 0. The lowest BCUT2D eigenvalue weighted by Gasteiger charge is -2.34. The number of hydrogen-bond donors (Lipinski definition) is 0. The van der Waals surface area contributed by atoms with Crippen LogP contribution in [0.25, 0.3) is 0 Å². The van der Waals surface area contributed by atoms with Gasteiger partial charge in [0.25, 0.3) is 0 Å². The molecular weight excluding hydrogens is 382 g/mol. The van der Waals surface area contributed by atoms with Gasteiger partial charge >= 0.3 is 0 Å². The fourth-order valence-corrected chi connectivity index (χ4v) is 2.92. The van der Waals surface area contributed by atoms with E-state index < -0.39 is 0 Å². The normalized spacial score (nSPS) is 14.8. The number of halogens is 1. The summed E-state index contributed by atoms with van der Waals surface area (Å²) in [5.41, 5.74) is 0.562. The third-order valence-corrected chi connectivity index (χ3v) is 4.60. The summed E-state index contributed by atoms with van der Waals surface area (Å²) in [6.45, 7) is 2.70. The van der Waals surface area contributed by atoms with E-state index in [1.807, 2.05) is 18.2 Å². The molecule has 0 aliphatic carbocycles. The van der Waals surface area contributed by atoms with E-state index in [-0.39, 0.29) is 11.7 Å². The topological polar surface area (TPSA) is 53.5 Å². The number of amides is 1. The first-order chi connectivity index (χ1) is 12.1. The molecule has 0 atom stereocenters. The Labute approximate surface area is 155 Å². The fourth-order valence-electron chi connectivity index (χ4n) is 2.66. The molecule has 0 saturated carbocycles. The van der Waals surface area contributed by atoms with Crippen molar-refractivity contribution in [3.63, 3.8) is 0 Å². The molecule has 1 aromatic carbocycles. The van der Waals surface area contributed by atoms with Crippen LogP contribution >= 0.6 is 15.9 Å². The lowest BCUT2D eigenvalue weighted by molar-refractivity contribution is -0.126. The molecule has 1 aliphatic rings. The van der Waals surface area contributed by atoms with Crippen LogP contribution in [0.2, 0.25) is 0 Å². The number of anilines is 1. The second-order valence-electron chi connectivity index (χ2n) is 5.70. The molecule has 128 valence electrons. The van der Waals surface area contributed by atoms with Gasteiger partial charge in [0, 0.05) is 48.5 Å². The zero-order valence-electron chi connectivity index (χ0n) is 13.6. The molecule has 1 saturated heterocycles. The number of piperazine rings is 1. The van der Waals surface area contributed by atoms with Crippen LogP contribution in [0.1, 0.15) is 10.4 Å². The van der Waals surface area contributed by atoms with Crippen molar-refractivity contribution in [3.05, 3.63) is 70.8 Å². The standard InChI is InChI=1S/C19H18BrN3O2/c20-16-6-4-15(5-7-16)17(24)8-9-19(25)23-13-11-22(12-14-23)18-3-1-2-10-21-18/h1-10H,11-14H2/b9-8+. The third kappa shape index (κ3) is 4.54. The Morgan fingerprint density at radius 2 is 1.68 bits per heavy atom. The summed E-state index contributed by atoms with van der Waals surface area (Å²) in [5.74, 6) is 0.620. The van der Waals surface area contributed by atoms with Crippen LogP contribution in [-0.4, -0.2) is 47.8 Å². The monoisotopic (exact) mass is 399 g/mol. The van der Waals surface area contributed by atoms with Crippen molar-refractivity contribution in [3.8, 4) is 0 Å². The number of nitrogens with zero attached hydrogens (tertiary/aromatic N) is 3. The van der Waals surface area contributed by atoms with Crippen molar-refractivity contribution in [2.45, 2.75) is 0 Å². The van der Waals surface area contributed by atoms with Gasteiger partial charge in [-0.15, -0.1) is 0 Å². The number of pyridine rings is 1. The number of hydrogen-bond acceptors (Lipinski definition) is 4. The highest BCUT2D eigenvalue weighted by Crippen LogP contribution is 2.13. The zero-order chi connectivity index (χ0) is 17.6. The second-order valence-corrected chi connectivity index (χ2v) is 6.62. The molecule has 0 radical (unpaired) electrons. The fraction of sp³-hybridized carbons (Fsp3) is 0.211. The number of aromatic nitrogens is 1. The summed E-state index contributed by atoms with van der Waals surface area (Å²) in [4.78, 5) is 32.6. The maximum absolute atomic E-state index is 12.3. The van der Waals surface area contributed by atoms with E-state index in [1.165, 1.54) is 12.2 Å². The molecule has 1 aliphatic heterocycles. The molecule has 3 rings (SSSR count). The number of carbonyl (C=O) groups excluding carboxylic acids is 2. The predicted octanol–water partition coefficient (Wildman–Crippen LogP) is 2.93. The number of rotatable bonds is 4. The van der Waals surface area contributed by atoms with Gasteiger partial charge < -0.3 is 9.80 Å². The Bertz CT molecular complexity index is 767. The molecule has 1 amide bonds. The predicted molar refractivity (Wildman–Crippen MR) is 101 cm³/mol. The zero-order valence-corrected chi connectivity index (χ0v) is 15.2. The molecule has 2 aromatic rings. The minimum atomic E-state index is -0.173. The summed E-state index contributed by atoms with van der Waals surface area (Å²) >= 11 is 3.33. The van der Waals surface area contributed by atoms with Crippen molar-refractivity contribution in [1.29, 1.82) is 0 Å².